The molecule has 142 valence electrons. The zero-order valence-electron chi connectivity index (χ0n) is 15.2. The first-order valence-electron chi connectivity index (χ1n) is 8.52. The largest absolute Gasteiger partial charge is 0.458 e. The Hall–Kier alpha value is -1.96. The normalized spacial score (nSPS) is 44.1. The van der Waals surface area contributed by atoms with E-state index in [1.165, 1.54) is 6.92 Å². The van der Waals surface area contributed by atoms with Gasteiger partial charge in [-0.3, -0.25) is 0 Å². The fourth-order valence-electron chi connectivity index (χ4n) is 3.83. The molecule has 0 amide bonds. The minimum atomic E-state index is -1.68. The second-order valence-electron chi connectivity index (χ2n) is 7.62. The first-order chi connectivity index (χ1) is 12.0. The lowest BCUT2D eigenvalue weighted by atomic mass is 9.80. The van der Waals surface area contributed by atoms with Gasteiger partial charge in [-0.25, -0.2) is 9.59 Å². The van der Waals surface area contributed by atoms with Crippen molar-refractivity contribution in [2.45, 2.75) is 63.3 Å². The van der Waals surface area contributed by atoms with Crippen LogP contribution in [0.25, 0.3) is 0 Å². The highest BCUT2D eigenvalue weighted by molar-refractivity contribution is 5.91. The van der Waals surface area contributed by atoms with Crippen LogP contribution in [-0.2, 0) is 23.8 Å². The molecule has 0 aliphatic carbocycles. The molecule has 2 fully saturated rings. The molecule has 0 aromatic heterocycles. The summed E-state index contributed by atoms with van der Waals surface area (Å²) in [4.78, 5) is 24.2. The van der Waals surface area contributed by atoms with Crippen molar-refractivity contribution in [2.75, 3.05) is 0 Å². The molecule has 0 aromatic rings. The van der Waals surface area contributed by atoms with Gasteiger partial charge in [-0.2, -0.15) is 0 Å². The van der Waals surface area contributed by atoms with Crippen molar-refractivity contribution in [1.29, 1.82) is 0 Å². The van der Waals surface area contributed by atoms with Crippen molar-refractivity contribution in [2.24, 2.45) is 5.92 Å². The number of rotatable bonds is 2. The number of fused-ring (bicyclic) bond motifs is 3. The summed E-state index contributed by atoms with van der Waals surface area (Å²) in [5.74, 6) is -3.52. The Morgan fingerprint density at radius 1 is 1.42 bits per heavy atom. The predicted molar refractivity (Wildman–Crippen MR) is 90.6 cm³/mol. The number of ether oxygens (including phenoxy) is 3. The monoisotopic (exact) mass is 364 g/mol. The molecule has 7 nitrogen and oxygen atoms in total. The van der Waals surface area contributed by atoms with E-state index in [0.29, 0.717) is 5.57 Å². The van der Waals surface area contributed by atoms with Gasteiger partial charge in [0.15, 0.2) is 5.79 Å². The number of carbonyl (C=O) groups is 2. The predicted octanol–water partition coefficient (Wildman–Crippen LogP) is 1.15. The molecule has 3 aliphatic rings. The third-order valence-electron chi connectivity index (χ3n) is 5.48. The van der Waals surface area contributed by atoms with E-state index in [2.05, 4.69) is 13.2 Å². The molecule has 3 aliphatic heterocycles. The van der Waals surface area contributed by atoms with Crippen molar-refractivity contribution in [3.63, 3.8) is 0 Å². The molecule has 2 bridgehead atoms. The molecule has 0 saturated carbocycles. The molecule has 2 N–H and O–H groups in total. The SMILES string of the molecule is C=C(C)C(=O)OC1CC2(C)OC(O)(CC2O)/C(C)=C\C2OC(=O)C(=C)[C@@H]21. The van der Waals surface area contributed by atoms with E-state index in [1.807, 2.05) is 0 Å². The van der Waals surface area contributed by atoms with Gasteiger partial charge in [-0.05, 0) is 32.4 Å². The summed E-state index contributed by atoms with van der Waals surface area (Å²) in [5, 5.41) is 21.3. The summed E-state index contributed by atoms with van der Waals surface area (Å²) >= 11 is 0. The standard InChI is InChI=1S/C19H24O7/c1-9(2)16(21)25-13-7-18(5)14(20)8-19(23,26-18)10(3)6-12-15(13)11(4)17(22)24-12/h6,12-15,20,23H,1,4,7-8H2,2-3,5H3/b10-6-/t12?,13?,14?,15-,18?,19?/m0/s1. The molecular formula is C19H24O7. The third-order valence-corrected chi connectivity index (χ3v) is 5.48. The van der Waals surface area contributed by atoms with Crippen molar-refractivity contribution in [3.05, 3.63) is 36.0 Å². The van der Waals surface area contributed by atoms with Crippen LogP contribution in [0.15, 0.2) is 36.0 Å². The van der Waals surface area contributed by atoms with E-state index < -0.39 is 47.6 Å². The minimum absolute atomic E-state index is 0.0285. The van der Waals surface area contributed by atoms with Crippen LogP contribution in [0.2, 0.25) is 0 Å². The minimum Gasteiger partial charge on any atom is -0.458 e. The van der Waals surface area contributed by atoms with E-state index in [-0.39, 0.29) is 24.0 Å². The first kappa shape index (κ1) is 18.8. The second kappa shape index (κ2) is 6.04. The average molecular weight is 364 g/mol. The van der Waals surface area contributed by atoms with Gasteiger partial charge in [0.05, 0.1) is 17.6 Å². The number of hydrogen-bond acceptors (Lipinski definition) is 7. The molecule has 6 atom stereocenters. The summed E-state index contributed by atoms with van der Waals surface area (Å²) in [7, 11) is 0. The fraction of sp³-hybridized carbons (Fsp3) is 0.579. The number of esters is 2. The Balaban J connectivity index is 2.08. The van der Waals surface area contributed by atoms with Gasteiger partial charge in [0.2, 0.25) is 0 Å². The van der Waals surface area contributed by atoms with Crippen LogP contribution in [-0.4, -0.2) is 51.9 Å². The number of carbonyl (C=O) groups excluding carboxylic acids is 2. The van der Waals surface area contributed by atoms with Crippen LogP contribution >= 0.6 is 0 Å². The van der Waals surface area contributed by atoms with Gasteiger partial charge in [0.1, 0.15) is 12.2 Å². The van der Waals surface area contributed by atoms with Crippen LogP contribution in [0.1, 0.15) is 33.6 Å². The number of aliphatic hydroxyl groups is 2. The molecule has 5 unspecified atom stereocenters. The summed E-state index contributed by atoms with van der Waals surface area (Å²) in [6.07, 6.45) is -0.957. The zero-order chi connectivity index (χ0) is 19.4. The van der Waals surface area contributed by atoms with E-state index in [9.17, 15) is 19.8 Å². The molecule has 0 spiro atoms. The van der Waals surface area contributed by atoms with Gasteiger partial charge < -0.3 is 24.4 Å². The molecule has 7 heteroatoms. The van der Waals surface area contributed by atoms with Crippen LogP contribution in [0, 0.1) is 5.92 Å². The second-order valence-corrected chi connectivity index (χ2v) is 7.62. The first-order valence-corrected chi connectivity index (χ1v) is 8.52. The summed E-state index contributed by atoms with van der Waals surface area (Å²) < 4.78 is 16.8. The van der Waals surface area contributed by atoms with Crippen LogP contribution in [0.4, 0.5) is 0 Å². The summed E-state index contributed by atoms with van der Waals surface area (Å²) in [5.41, 5.74) is -0.366. The molecule has 2 saturated heterocycles. The van der Waals surface area contributed by atoms with Crippen molar-refractivity contribution >= 4 is 11.9 Å². The van der Waals surface area contributed by atoms with E-state index in [4.69, 9.17) is 14.2 Å². The zero-order valence-corrected chi connectivity index (χ0v) is 15.2. The molecule has 3 rings (SSSR count). The van der Waals surface area contributed by atoms with Gasteiger partial charge in [-0.1, -0.05) is 13.2 Å². The topological polar surface area (TPSA) is 102 Å². The maximum atomic E-state index is 12.1. The van der Waals surface area contributed by atoms with Crippen molar-refractivity contribution in [1.82, 2.24) is 0 Å². The third kappa shape index (κ3) is 2.90. The Kier molecular flexibility index (Phi) is 4.37. The van der Waals surface area contributed by atoms with Crippen LogP contribution in [0.3, 0.4) is 0 Å². The van der Waals surface area contributed by atoms with Crippen molar-refractivity contribution < 1.29 is 34.0 Å². The quantitative estimate of drug-likeness (QED) is 0.430. The Bertz CT molecular complexity index is 723. The average Bonchev–Trinajstić information content (AvgIpc) is 2.93. The van der Waals surface area contributed by atoms with E-state index in [0.717, 1.165) is 0 Å². The van der Waals surface area contributed by atoms with E-state index >= 15 is 0 Å². The lowest BCUT2D eigenvalue weighted by Gasteiger charge is -2.34. The Morgan fingerprint density at radius 3 is 2.69 bits per heavy atom. The van der Waals surface area contributed by atoms with E-state index in [1.54, 1.807) is 19.9 Å². The van der Waals surface area contributed by atoms with Gasteiger partial charge in [-0.15, -0.1) is 0 Å². The lowest BCUT2D eigenvalue weighted by molar-refractivity contribution is -0.208. The smallest absolute Gasteiger partial charge is 0.334 e. The number of aliphatic hydroxyl groups excluding tert-OH is 1. The summed E-state index contributed by atoms with van der Waals surface area (Å²) in [6.45, 7) is 12.2. The molecule has 0 radical (unpaired) electrons. The van der Waals surface area contributed by atoms with Crippen LogP contribution in [0.5, 0.6) is 0 Å². The van der Waals surface area contributed by atoms with Gasteiger partial charge >= 0.3 is 11.9 Å². The molecule has 0 aromatic carbocycles. The van der Waals surface area contributed by atoms with Gasteiger partial charge in [0.25, 0.3) is 0 Å². The molecule has 3 heterocycles. The Morgan fingerprint density at radius 2 is 2.08 bits per heavy atom. The maximum Gasteiger partial charge on any atom is 0.334 e. The maximum absolute atomic E-state index is 12.1. The highest BCUT2D eigenvalue weighted by atomic mass is 16.7. The van der Waals surface area contributed by atoms with Gasteiger partial charge in [0, 0.05) is 24.0 Å². The number of hydrogen-bond donors (Lipinski definition) is 2. The summed E-state index contributed by atoms with van der Waals surface area (Å²) in [6, 6.07) is 0. The molecule has 26 heavy (non-hydrogen) atoms. The Labute approximate surface area is 151 Å². The highest BCUT2D eigenvalue weighted by Crippen LogP contribution is 2.47. The van der Waals surface area contributed by atoms with Crippen LogP contribution < -0.4 is 0 Å². The molecular weight excluding hydrogens is 340 g/mol. The fourth-order valence-corrected chi connectivity index (χ4v) is 3.83. The van der Waals surface area contributed by atoms with Crippen molar-refractivity contribution in [3.8, 4) is 0 Å². The lowest BCUT2D eigenvalue weighted by Crippen LogP contribution is -2.44. The highest BCUT2D eigenvalue weighted by Gasteiger charge is 2.58.